The molecule has 0 aliphatic heterocycles. The third kappa shape index (κ3) is 4.93. The van der Waals surface area contributed by atoms with Crippen molar-refractivity contribution in [3.05, 3.63) is 59.4 Å². The summed E-state index contributed by atoms with van der Waals surface area (Å²) in [5, 5.41) is 2.45. The number of carbonyl (C=O) groups is 2. The number of nitrogens with one attached hydrogen (secondary N) is 1. The molecule has 0 fully saturated rings. The van der Waals surface area contributed by atoms with Crippen molar-refractivity contribution in [2.75, 3.05) is 19.4 Å². The fraction of sp³-hybridized carbons (Fsp3) is 0.263. The van der Waals surface area contributed by atoms with E-state index in [2.05, 4.69) is 5.32 Å². The minimum absolute atomic E-state index is 0.0355. The lowest BCUT2D eigenvalue weighted by Crippen LogP contribution is -2.30. The first-order valence-corrected chi connectivity index (χ1v) is 9.77. The molecule has 28 heavy (non-hydrogen) atoms. The topological polar surface area (TPSA) is 92.8 Å². The number of esters is 1. The predicted molar refractivity (Wildman–Crippen MR) is 102 cm³/mol. The monoisotopic (exact) mass is 408 g/mol. The summed E-state index contributed by atoms with van der Waals surface area (Å²) in [6.45, 7) is 2.99. The number of carbonyl (C=O) groups excluding carboxylic acids is 2. The van der Waals surface area contributed by atoms with E-state index in [0.29, 0.717) is 5.56 Å². The van der Waals surface area contributed by atoms with Crippen LogP contribution in [0.4, 0.5) is 10.1 Å². The Kier molecular flexibility index (Phi) is 6.52. The van der Waals surface area contributed by atoms with E-state index in [0.717, 1.165) is 10.4 Å². The largest absolute Gasteiger partial charge is 0.449 e. The van der Waals surface area contributed by atoms with E-state index in [1.807, 2.05) is 0 Å². The molecule has 0 saturated carbocycles. The lowest BCUT2D eigenvalue weighted by molar-refractivity contribution is -0.123. The van der Waals surface area contributed by atoms with Gasteiger partial charge in [-0.3, -0.25) is 4.79 Å². The van der Waals surface area contributed by atoms with E-state index in [4.69, 9.17) is 4.74 Å². The lowest BCUT2D eigenvalue weighted by Gasteiger charge is -2.16. The summed E-state index contributed by atoms with van der Waals surface area (Å²) in [6.07, 6.45) is -1.18. The number of rotatable bonds is 6. The minimum atomic E-state index is -3.73. The highest BCUT2D eigenvalue weighted by Gasteiger charge is 2.23. The highest BCUT2D eigenvalue weighted by Crippen LogP contribution is 2.19. The Bertz CT molecular complexity index is 1010. The van der Waals surface area contributed by atoms with Crippen LogP contribution in [0.25, 0.3) is 0 Å². The quantitative estimate of drug-likeness (QED) is 0.742. The number of sulfonamides is 1. The Morgan fingerprint density at radius 3 is 2.43 bits per heavy atom. The van der Waals surface area contributed by atoms with Gasteiger partial charge >= 0.3 is 5.97 Å². The average molecular weight is 408 g/mol. The molecule has 2 aromatic rings. The predicted octanol–water partition coefficient (Wildman–Crippen LogP) is 2.57. The smallest absolute Gasteiger partial charge is 0.339 e. The van der Waals surface area contributed by atoms with Crippen molar-refractivity contribution in [3.8, 4) is 0 Å². The summed E-state index contributed by atoms with van der Waals surface area (Å²) in [7, 11) is -0.967. The molecular formula is C19H21FN2O5S. The van der Waals surface area contributed by atoms with Gasteiger partial charge in [0.2, 0.25) is 10.0 Å². The molecule has 7 nitrogen and oxygen atoms in total. The van der Waals surface area contributed by atoms with Crippen LogP contribution in [0.15, 0.2) is 47.4 Å². The molecule has 9 heteroatoms. The number of ether oxygens (including phenoxy) is 1. The lowest BCUT2D eigenvalue weighted by atomic mass is 10.1. The number of aryl methyl sites for hydroxylation is 1. The number of halogens is 1. The summed E-state index contributed by atoms with van der Waals surface area (Å²) < 4.78 is 43.9. The zero-order valence-corrected chi connectivity index (χ0v) is 16.7. The Balaban J connectivity index is 2.16. The van der Waals surface area contributed by atoms with Crippen molar-refractivity contribution in [1.29, 1.82) is 0 Å². The SMILES string of the molecule is Cc1ccc(S(=O)(=O)N(C)C)cc1C(=O)O[C@H](C)C(=O)Nc1cccc(F)c1. The summed E-state index contributed by atoms with van der Waals surface area (Å²) in [4.78, 5) is 24.6. The van der Waals surface area contributed by atoms with Gasteiger partial charge in [0.1, 0.15) is 5.82 Å². The summed E-state index contributed by atoms with van der Waals surface area (Å²) in [6, 6.07) is 9.38. The average Bonchev–Trinajstić information content (AvgIpc) is 2.61. The van der Waals surface area contributed by atoms with Gasteiger partial charge in [-0.05, 0) is 49.7 Å². The number of amides is 1. The molecule has 150 valence electrons. The fourth-order valence-electron chi connectivity index (χ4n) is 2.28. The van der Waals surface area contributed by atoms with E-state index in [9.17, 15) is 22.4 Å². The minimum Gasteiger partial charge on any atom is -0.449 e. The Hall–Kier alpha value is -2.78. The molecule has 0 radical (unpaired) electrons. The number of anilines is 1. The third-order valence-electron chi connectivity index (χ3n) is 3.95. The highest BCUT2D eigenvalue weighted by molar-refractivity contribution is 7.89. The van der Waals surface area contributed by atoms with E-state index in [1.165, 1.54) is 57.4 Å². The van der Waals surface area contributed by atoms with Crippen molar-refractivity contribution in [2.45, 2.75) is 24.8 Å². The molecule has 0 spiro atoms. The molecule has 1 N–H and O–H groups in total. The van der Waals surface area contributed by atoms with Crippen LogP contribution in [0.1, 0.15) is 22.8 Å². The summed E-state index contributed by atoms with van der Waals surface area (Å²) in [5.74, 6) is -2.00. The van der Waals surface area contributed by atoms with Crippen molar-refractivity contribution in [2.24, 2.45) is 0 Å². The molecule has 2 aromatic carbocycles. The van der Waals surface area contributed by atoms with Crippen molar-refractivity contribution in [3.63, 3.8) is 0 Å². The molecular weight excluding hydrogens is 387 g/mol. The van der Waals surface area contributed by atoms with Crippen LogP contribution in [0.5, 0.6) is 0 Å². The second kappa shape index (κ2) is 8.49. The van der Waals surface area contributed by atoms with Crippen molar-refractivity contribution in [1.82, 2.24) is 4.31 Å². The summed E-state index contributed by atoms with van der Waals surface area (Å²) >= 11 is 0. The van der Waals surface area contributed by atoms with E-state index in [1.54, 1.807) is 6.92 Å². The number of hydrogen-bond donors (Lipinski definition) is 1. The number of hydrogen-bond acceptors (Lipinski definition) is 5. The van der Waals surface area contributed by atoms with Crippen LogP contribution in [-0.2, 0) is 19.6 Å². The maximum absolute atomic E-state index is 13.2. The molecule has 1 amide bonds. The maximum atomic E-state index is 13.2. The first-order valence-electron chi connectivity index (χ1n) is 8.33. The molecule has 1 atom stereocenters. The highest BCUT2D eigenvalue weighted by atomic mass is 32.2. The molecule has 0 aromatic heterocycles. The van der Waals surface area contributed by atoms with Crippen LogP contribution < -0.4 is 5.32 Å². The van der Waals surface area contributed by atoms with Gasteiger partial charge in [-0.15, -0.1) is 0 Å². The Morgan fingerprint density at radius 1 is 1.14 bits per heavy atom. The van der Waals surface area contributed by atoms with E-state index >= 15 is 0 Å². The first kappa shape index (κ1) is 21.5. The molecule has 0 unspecified atom stereocenters. The van der Waals surface area contributed by atoms with Gasteiger partial charge in [0.25, 0.3) is 5.91 Å². The van der Waals surface area contributed by atoms with Gasteiger partial charge in [0.15, 0.2) is 6.10 Å². The third-order valence-corrected chi connectivity index (χ3v) is 5.76. The number of benzene rings is 2. The summed E-state index contributed by atoms with van der Waals surface area (Å²) in [5.41, 5.74) is 0.761. The van der Waals surface area contributed by atoms with Crippen LogP contribution in [0.3, 0.4) is 0 Å². The van der Waals surface area contributed by atoms with Crippen molar-refractivity contribution >= 4 is 27.6 Å². The molecule has 0 saturated heterocycles. The Labute approximate surface area is 163 Å². The van der Waals surface area contributed by atoms with E-state index < -0.39 is 33.8 Å². The normalized spacial score (nSPS) is 12.5. The second-order valence-corrected chi connectivity index (χ2v) is 8.46. The van der Waals surface area contributed by atoms with Crippen LogP contribution in [0, 0.1) is 12.7 Å². The van der Waals surface area contributed by atoms with Crippen LogP contribution in [-0.4, -0.2) is 44.8 Å². The van der Waals surface area contributed by atoms with Gasteiger partial charge in [0.05, 0.1) is 10.5 Å². The van der Waals surface area contributed by atoms with Gasteiger partial charge in [0, 0.05) is 19.8 Å². The molecule has 2 rings (SSSR count). The molecule has 0 heterocycles. The van der Waals surface area contributed by atoms with Gasteiger partial charge in [-0.2, -0.15) is 0 Å². The molecule has 0 aliphatic carbocycles. The fourth-order valence-corrected chi connectivity index (χ4v) is 3.21. The molecule has 0 aliphatic rings. The van der Waals surface area contributed by atoms with Gasteiger partial charge in [-0.1, -0.05) is 12.1 Å². The molecule has 0 bridgehead atoms. The Morgan fingerprint density at radius 2 is 1.82 bits per heavy atom. The van der Waals surface area contributed by atoms with E-state index in [-0.39, 0.29) is 16.1 Å². The van der Waals surface area contributed by atoms with Crippen molar-refractivity contribution < 1.29 is 27.1 Å². The second-order valence-electron chi connectivity index (χ2n) is 6.31. The van der Waals surface area contributed by atoms with Gasteiger partial charge < -0.3 is 10.1 Å². The number of nitrogens with zero attached hydrogens (tertiary/aromatic N) is 1. The first-order chi connectivity index (χ1) is 13.0. The van der Waals surface area contributed by atoms with Crippen LogP contribution in [0.2, 0.25) is 0 Å². The van der Waals surface area contributed by atoms with Crippen LogP contribution >= 0.6 is 0 Å². The zero-order chi connectivity index (χ0) is 21.1. The zero-order valence-electron chi connectivity index (χ0n) is 15.9. The maximum Gasteiger partial charge on any atom is 0.339 e. The van der Waals surface area contributed by atoms with Gasteiger partial charge in [-0.25, -0.2) is 21.9 Å². The standard InChI is InChI=1S/C19H21FN2O5S/c1-12-8-9-16(28(25,26)22(3)4)11-17(12)19(24)27-13(2)18(23)21-15-7-5-6-14(20)10-15/h5-11,13H,1-4H3,(H,21,23)/t13-/m1/s1.